The van der Waals surface area contributed by atoms with Gasteiger partial charge in [-0.05, 0) is 31.7 Å². The molecule has 4 rings (SSSR count). The highest BCUT2D eigenvalue weighted by atomic mass is 19.3. The summed E-state index contributed by atoms with van der Waals surface area (Å²) in [7, 11) is 0. The van der Waals surface area contributed by atoms with Crippen LogP contribution in [0.4, 0.5) is 8.78 Å². The molecule has 0 bridgehead atoms. The molecule has 0 aromatic carbocycles. The fraction of sp³-hybridized carbons (Fsp3) is 0.667. The number of hydrogen-bond donors (Lipinski definition) is 0. The largest absolute Gasteiger partial charge is 0.329 e. The zero-order valence-corrected chi connectivity index (χ0v) is 14.3. The molecule has 1 aliphatic carbocycles. The van der Waals surface area contributed by atoms with E-state index < -0.39 is 5.92 Å². The number of rotatable bonds is 3. The lowest BCUT2D eigenvalue weighted by atomic mass is 10.1. The Morgan fingerprint density at radius 2 is 2.24 bits per heavy atom. The van der Waals surface area contributed by atoms with Gasteiger partial charge in [-0.2, -0.15) is 5.10 Å². The van der Waals surface area contributed by atoms with Gasteiger partial charge in [-0.25, -0.2) is 8.78 Å². The summed E-state index contributed by atoms with van der Waals surface area (Å²) in [6.45, 7) is 1.95. The summed E-state index contributed by atoms with van der Waals surface area (Å²) in [4.78, 5) is 16.8. The predicted octanol–water partition coefficient (Wildman–Crippen LogP) is 2.44. The molecule has 0 spiro atoms. The molecule has 1 aromatic rings. The molecule has 1 amide bonds. The number of carbonyl (C=O) groups is 1. The fourth-order valence-corrected chi connectivity index (χ4v) is 4.16. The quantitative estimate of drug-likeness (QED) is 0.841. The van der Waals surface area contributed by atoms with Gasteiger partial charge in [-0.1, -0.05) is 6.08 Å². The van der Waals surface area contributed by atoms with E-state index in [1.807, 2.05) is 26.6 Å². The molecule has 1 aromatic heterocycles. The first-order valence-corrected chi connectivity index (χ1v) is 9.13. The van der Waals surface area contributed by atoms with Crippen LogP contribution in [-0.2, 0) is 17.9 Å². The fourth-order valence-electron chi connectivity index (χ4n) is 4.16. The first-order chi connectivity index (χ1) is 12.0. The van der Waals surface area contributed by atoms with Crippen LogP contribution in [0.3, 0.4) is 0 Å². The normalized spacial score (nSPS) is 26.4. The number of nitrogens with zero attached hydrogens (tertiary/aromatic N) is 4. The molecule has 1 atom stereocenters. The average Bonchev–Trinajstić information content (AvgIpc) is 3.29. The van der Waals surface area contributed by atoms with Crippen LogP contribution in [0.25, 0.3) is 0 Å². The molecule has 0 N–H and O–H groups in total. The van der Waals surface area contributed by atoms with E-state index in [2.05, 4.69) is 5.10 Å². The lowest BCUT2D eigenvalue weighted by molar-refractivity contribution is -0.130. The minimum absolute atomic E-state index is 0.0513. The van der Waals surface area contributed by atoms with E-state index in [4.69, 9.17) is 0 Å². The van der Waals surface area contributed by atoms with Gasteiger partial charge in [0.2, 0.25) is 5.91 Å². The van der Waals surface area contributed by atoms with Gasteiger partial charge in [0.15, 0.2) is 0 Å². The Morgan fingerprint density at radius 3 is 2.96 bits per heavy atom. The molecule has 2 aliphatic heterocycles. The number of hydrogen-bond acceptors (Lipinski definition) is 3. The van der Waals surface area contributed by atoms with Gasteiger partial charge >= 0.3 is 0 Å². The van der Waals surface area contributed by atoms with Gasteiger partial charge in [0.25, 0.3) is 5.92 Å². The number of amides is 1. The lowest BCUT2D eigenvalue weighted by Gasteiger charge is -2.33. The number of allylic oxidation sites excluding steroid dienone is 1. The van der Waals surface area contributed by atoms with Crippen molar-refractivity contribution in [1.29, 1.82) is 0 Å². The van der Waals surface area contributed by atoms with Crippen molar-refractivity contribution in [1.82, 2.24) is 19.6 Å². The van der Waals surface area contributed by atoms with Crippen LogP contribution >= 0.6 is 0 Å². The maximum absolute atomic E-state index is 13.6. The van der Waals surface area contributed by atoms with E-state index in [9.17, 15) is 13.6 Å². The molecule has 3 heterocycles. The highest BCUT2D eigenvalue weighted by molar-refractivity contribution is 5.94. The number of alkyl halides is 2. The molecular weight excluding hydrogens is 326 g/mol. The molecule has 5 nitrogen and oxygen atoms in total. The lowest BCUT2D eigenvalue weighted by Crippen LogP contribution is -2.46. The van der Waals surface area contributed by atoms with E-state index in [-0.39, 0.29) is 24.9 Å². The first kappa shape index (κ1) is 16.7. The Balaban J connectivity index is 1.54. The second-order valence-corrected chi connectivity index (χ2v) is 7.38. The zero-order valence-electron chi connectivity index (χ0n) is 14.3. The van der Waals surface area contributed by atoms with Crippen LogP contribution in [0.5, 0.6) is 0 Å². The van der Waals surface area contributed by atoms with Crippen molar-refractivity contribution < 1.29 is 13.6 Å². The number of halogens is 2. The van der Waals surface area contributed by atoms with Crippen molar-refractivity contribution in [2.24, 2.45) is 0 Å². The third kappa shape index (κ3) is 3.47. The van der Waals surface area contributed by atoms with Crippen LogP contribution in [0, 0.1) is 0 Å². The van der Waals surface area contributed by atoms with Gasteiger partial charge in [0, 0.05) is 43.9 Å². The summed E-state index contributed by atoms with van der Waals surface area (Å²) in [5, 5.41) is 4.33. The Morgan fingerprint density at radius 1 is 1.36 bits per heavy atom. The molecule has 0 unspecified atom stereocenters. The molecule has 0 radical (unpaired) electrons. The second-order valence-electron chi connectivity index (χ2n) is 7.38. The van der Waals surface area contributed by atoms with E-state index in [1.54, 1.807) is 6.20 Å². The SMILES string of the molecule is O=C(C1=CCCC1)N1Cc2ccnn2CC[C@@H]1CN1CCC(F)(F)C1. The van der Waals surface area contributed by atoms with Crippen LogP contribution in [0.2, 0.25) is 0 Å². The third-order valence-electron chi connectivity index (χ3n) is 5.55. The van der Waals surface area contributed by atoms with Crippen molar-refractivity contribution in [3.8, 4) is 0 Å². The van der Waals surface area contributed by atoms with E-state index in [0.717, 1.165) is 43.5 Å². The van der Waals surface area contributed by atoms with Crippen LogP contribution in [0.15, 0.2) is 23.9 Å². The smallest absolute Gasteiger partial charge is 0.261 e. The monoisotopic (exact) mass is 350 g/mol. The molecule has 136 valence electrons. The van der Waals surface area contributed by atoms with E-state index in [0.29, 0.717) is 19.6 Å². The summed E-state index contributed by atoms with van der Waals surface area (Å²) in [6.07, 6.45) is 7.25. The van der Waals surface area contributed by atoms with Crippen molar-refractivity contribution >= 4 is 5.91 Å². The first-order valence-electron chi connectivity index (χ1n) is 9.13. The molecule has 25 heavy (non-hydrogen) atoms. The topological polar surface area (TPSA) is 41.4 Å². The summed E-state index contributed by atoms with van der Waals surface area (Å²) in [6, 6.07) is 1.89. The van der Waals surface area contributed by atoms with Crippen molar-refractivity contribution in [3.63, 3.8) is 0 Å². The highest BCUT2D eigenvalue weighted by Crippen LogP contribution is 2.29. The van der Waals surface area contributed by atoms with Gasteiger partial charge in [-0.3, -0.25) is 14.4 Å². The third-order valence-corrected chi connectivity index (χ3v) is 5.55. The van der Waals surface area contributed by atoms with Crippen LogP contribution in [0.1, 0.15) is 37.8 Å². The highest BCUT2D eigenvalue weighted by Gasteiger charge is 2.40. The minimum Gasteiger partial charge on any atom is -0.329 e. The standard InChI is InChI=1S/C18H24F2N4O/c19-18(20)7-10-22(13-18)11-15-6-9-24-16(5-8-21-24)12-23(15)17(25)14-3-1-2-4-14/h3,5,8,15H,1-2,4,6-7,9-13H2/t15-/m1/s1. The average molecular weight is 350 g/mol. The molecule has 1 saturated heterocycles. The van der Waals surface area contributed by atoms with Crippen LogP contribution < -0.4 is 0 Å². The maximum Gasteiger partial charge on any atom is 0.261 e. The Bertz CT molecular complexity index is 684. The summed E-state index contributed by atoms with van der Waals surface area (Å²) in [5.74, 6) is -2.52. The number of likely N-dealkylation sites (tertiary alicyclic amines) is 1. The molecule has 0 saturated carbocycles. The number of aryl methyl sites for hydroxylation is 1. The van der Waals surface area contributed by atoms with Crippen LogP contribution in [-0.4, -0.2) is 57.1 Å². The minimum atomic E-state index is -2.60. The summed E-state index contributed by atoms with van der Waals surface area (Å²) < 4.78 is 29.0. The molecule has 1 fully saturated rings. The zero-order chi connectivity index (χ0) is 17.4. The summed E-state index contributed by atoms with van der Waals surface area (Å²) in [5.41, 5.74) is 1.89. The van der Waals surface area contributed by atoms with E-state index in [1.165, 1.54) is 0 Å². The van der Waals surface area contributed by atoms with Crippen molar-refractivity contribution in [3.05, 3.63) is 29.6 Å². The number of aromatic nitrogens is 2. The number of fused-ring (bicyclic) bond motifs is 1. The van der Waals surface area contributed by atoms with Crippen molar-refractivity contribution in [2.45, 2.75) is 57.2 Å². The van der Waals surface area contributed by atoms with Gasteiger partial charge in [0.1, 0.15) is 0 Å². The van der Waals surface area contributed by atoms with Gasteiger partial charge < -0.3 is 4.90 Å². The Kier molecular flexibility index (Phi) is 4.35. The van der Waals surface area contributed by atoms with Crippen molar-refractivity contribution in [2.75, 3.05) is 19.6 Å². The van der Waals surface area contributed by atoms with E-state index >= 15 is 0 Å². The molecular formula is C18H24F2N4O. The number of carbonyl (C=O) groups excluding carboxylic acids is 1. The molecule has 7 heteroatoms. The Hall–Kier alpha value is -1.76. The van der Waals surface area contributed by atoms with Gasteiger partial charge in [0.05, 0.1) is 18.8 Å². The predicted molar refractivity (Wildman–Crippen MR) is 89.1 cm³/mol. The maximum atomic E-state index is 13.6. The molecule has 3 aliphatic rings. The summed E-state index contributed by atoms with van der Waals surface area (Å²) >= 11 is 0. The Labute approximate surface area is 146 Å². The second kappa shape index (κ2) is 6.52. The van der Waals surface area contributed by atoms with Gasteiger partial charge in [-0.15, -0.1) is 0 Å².